The number of carboxylic acids is 1. The van der Waals surface area contributed by atoms with Gasteiger partial charge < -0.3 is 25.0 Å². The summed E-state index contributed by atoms with van der Waals surface area (Å²) in [6.45, 7) is 7.11. The normalized spacial score (nSPS) is 15.0. The lowest BCUT2D eigenvalue weighted by Crippen LogP contribution is -2.46. The number of ether oxygens (including phenoxy) is 2. The molecule has 0 aliphatic carbocycles. The number of aliphatic hydroxyl groups is 1. The first-order valence-corrected chi connectivity index (χ1v) is 12.1. The molecular weight excluding hydrogens is 446 g/mol. The molecule has 0 aromatic heterocycles. The van der Waals surface area contributed by atoms with Gasteiger partial charge >= 0.3 is 12.1 Å². The number of amides is 1. The molecule has 3 N–H and O–H groups in total. The van der Waals surface area contributed by atoms with Crippen molar-refractivity contribution in [2.24, 2.45) is 11.8 Å². The molecule has 0 fully saturated rings. The molecule has 0 saturated carbocycles. The fourth-order valence-corrected chi connectivity index (χ4v) is 4.02. The number of alkyl carbamates (subject to hydrolysis) is 1. The second kappa shape index (κ2) is 13.9. The monoisotopic (exact) mass is 485 g/mol. The van der Waals surface area contributed by atoms with Gasteiger partial charge in [-0.15, -0.1) is 0 Å². The number of carboxylic acid groups (broad SMARTS) is 1. The highest BCUT2D eigenvalue weighted by Gasteiger charge is 2.30. The lowest BCUT2D eigenvalue weighted by molar-refractivity contribution is -0.141. The van der Waals surface area contributed by atoms with E-state index in [1.54, 1.807) is 20.8 Å². The first kappa shape index (κ1) is 28.3. The number of aliphatic hydroxyl groups excluding tert-OH is 1. The standard InChI is InChI=1S/C28H39NO6/c1-5-25(30)23(17-21-14-10-7-11-15-21)22(16-20-12-8-6-9-13-20)18-34-19-24(26(31)32)29-27(33)35-28(2,3)4/h6-15,22-25,30H,5,16-19H2,1-4H3,(H,29,33)(H,31,32)/t22-,23+,24?,25-/m0/s1. The second-order valence-electron chi connectivity index (χ2n) is 9.85. The average Bonchev–Trinajstić information content (AvgIpc) is 2.81. The van der Waals surface area contributed by atoms with Gasteiger partial charge in [0.2, 0.25) is 0 Å². The number of hydrogen-bond acceptors (Lipinski definition) is 5. The Morgan fingerprint density at radius 1 is 0.914 bits per heavy atom. The van der Waals surface area contributed by atoms with E-state index in [4.69, 9.17) is 9.47 Å². The third-order valence-electron chi connectivity index (χ3n) is 5.78. The van der Waals surface area contributed by atoms with Crippen LogP contribution in [0.4, 0.5) is 4.79 Å². The second-order valence-corrected chi connectivity index (χ2v) is 9.85. The fourth-order valence-electron chi connectivity index (χ4n) is 4.02. The highest BCUT2D eigenvalue weighted by atomic mass is 16.6. The molecule has 0 saturated heterocycles. The van der Waals surface area contributed by atoms with Gasteiger partial charge in [-0.2, -0.15) is 0 Å². The Bertz CT molecular complexity index is 897. The van der Waals surface area contributed by atoms with Crippen LogP contribution in [-0.4, -0.2) is 53.2 Å². The number of benzene rings is 2. The summed E-state index contributed by atoms with van der Waals surface area (Å²) in [5.41, 5.74) is 1.50. The lowest BCUT2D eigenvalue weighted by atomic mass is 9.79. The molecule has 192 valence electrons. The predicted octanol–water partition coefficient (Wildman–Crippen LogP) is 4.47. The maximum Gasteiger partial charge on any atom is 0.408 e. The van der Waals surface area contributed by atoms with Gasteiger partial charge in [0.1, 0.15) is 5.60 Å². The van der Waals surface area contributed by atoms with Crippen molar-refractivity contribution in [3.63, 3.8) is 0 Å². The zero-order valence-corrected chi connectivity index (χ0v) is 21.1. The van der Waals surface area contributed by atoms with Crippen molar-refractivity contribution < 1.29 is 29.3 Å². The SMILES string of the molecule is CC[C@H](O)[C@H](Cc1ccccc1)[C@H](COCC(NC(=O)OC(C)(C)C)C(=O)O)Cc1ccccc1. The molecule has 0 spiro atoms. The summed E-state index contributed by atoms with van der Waals surface area (Å²) >= 11 is 0. The molecule has 0 aliphatic rings. The van der Waals surface area contributed by atoms with Crippen LogP contribution < -0.4 is 5.32 Å². The quantitative estimate of drug-likeness (QED) is 0.387. The highest BCUT2D eigenvalue weighted by molar-refractivity contribution is 5.80. The molecule has 7 nitrogen and oxygen atoms in total. The van der Waals surface area contributed by atoms with Crippen molar-refractivity contribution in [1.82, 2.24) is 5.32 Å². The fraction of sp³-hybridized carbons (Fsp3) is 0.500. The first-order valence-electron chi connectivity index (χ1n) is 12.1. The summed E-state index contributed by atoms with van der Waals surface area (Å²) in [6, 6.07) is 18.7. The summed E-state index contributed by atoms with van der Waals surface area (Å²) in [6.07, 6.45) is 0.600. The van der Waals surface area contributed by atoms with E-state index in [1.165, 1.54) is 0 Å². The lowest BCUT2D eigenvalue weighted by Gasteiger charge is -2.31. The van der Waals surface area contributed by atoms with E-state index in [0.29, 0.717) is 19.3 Å². The Morgan fingerprint density at radius 3 is 1.94 bits per heavy atom. The molecule has 1 unspecified atom stereocenters. The van der Waals surface area contributed by atoms with Crippen molar-refractivity contribution >= 4 is 12.1 Å². The molecule has 7 heteroatoms. The Hall–Kier alpha value is -2.90. The molecule has 4 atom stereocenters. The van der Waals surface area contributed by atoms with Crippen LogP contribution in [0.15, 0.2) is 60.7 Å². The van der Waals surface area contributed by atoms with Crippen LogP contribution in [0.1, 0.15) is 45.2 Å². The van der Waals surface area contributed by atoms with Crippen LogP contribution in [0.2, 0.25) is 0 Å². The minimum Gasteiger partial charge on any atom is -0.480 e. The van der Waals surface area contributed by atoms with Gasteiger partial charge in [0.05, 0.1) is 19.3 Å². The number of carbonyl (C=O) groups excluding carboxylic acids is 1. The van der Waals surface area contributed by atoms with Gasteiger partial charge in [-0.25, -0.2) is 9.59 Å². The molecule has 0 heterocycles. The van der Waals surface area contributed by atoms with Crippen LogP contribution in [0.5, 0.6) is 0 Å². The van der Waals surface area contributed by atoms with Crippen molar-refractivity contribution in [2.45, 2.75) is 64.7 Å². The summed E-state index contributed by atoms with van der Waals surface area (Å²) in [5, 5.41) is 22.9. The molecule has 0 aliphatic heterocycles. The van der Waals surface area contributed by atoms with Crippen LogP contribution in [0, 0.1) is 11.8 Å². The van der Waals surface area contributed by atoms with Gasteiger partial charge in [0.15, 0.2) is 6.04 Å². The van der Waals surface area contributed by atoms with Crippen LogP contribution >= 0.6 is 0 Å². The molecule has 1 amide bonds. The minimum atomic E-state index is -1.24. The van der Waals surface area contributed by atoms with Crippen molar-refractivity contribution in [2.75, 3.05) is 13.2 Å². The van der Waals surface area contributed by atoms with E-state index in [2.05, 4.69) is 5.32 Å². The molecule has 2 aromatic carbocycles. The summed E-state index contributed by atoms with van der Waals surface area (Å²) in [5.74, 6) is -1.36. The van der Waals surface area contributed by atoms with E-state index in [-0.39, 0.29) is 25.0 Å². The molecule has 2 rings (SSSR count). The smallest absolute Gasteiger partial charge is 0.408 e. The largest absolute Gasteiger partial charge is 0.480 e. The summed E-state index contributed by atoms with van der Waals surface area (Å²) in [4.78, 5) is 23.8. The topological polar surface area (TPSA) is 105 Å². The highest BCUT2D eigenvalue weighted by Crippen LogP contribution is 2.27. The minimum absolute atomic E-state index is 0.0662. The summed E-state index contributed by atoms with van der Waals surface area (Å²) in [7, 11) is 0. The van der Waals surface area contributed by atoms with Gasteiger partial charge in [0.25, 0.3) is 0 Å². The van der Waals surface area contributed by atoms with Crippen molar-refractivity contribution in [3.8, 4) is 0 Å². The first-order chi connectivity index (χ1) is 16.6. The van der Waals surface area contributed by atoms with E-state index in [0.717, 1.165) is 11.1 Å². The van der Waals surface area contributed by atoms with Crippen LogP contribution in [0.25, 0.3) is 0 Å². The molecule has 2 aromatic rings. The van der Waals surface area contributed by atoms with Gasteiger partial charge in [-0.3, -0.25) is 0 Å². The number of nitrogens with one attached hydrogen (secondary N) is 1. The third kappa shape index (κ3) is 10.5. The number of aliphatic carboxylic acids is 1. The van der Waals surface area contributed by atoms with E-state index in [9.17, 15) is 19.8 Å². The maximum absolute atomic E-state index is 12.1. The van der Waals surface area contributed by atoms with E-state index < -0.39 is 29.8 Å². The maximum atomic E-state index is 12.1. The Balaban J connectivity index is 2.14. The van der Waals surface area contributed by atoms with Gasteiger partial charge in [0, 0.05) is 0 Å². The van der Waals surface area contributed by atoms with Crippen LogP contribution in [-0.2, 0) is 27.1 Å². The Morgan fingerprint density at radius 2 is 1.46 bits per heavy atom. The zero-order chi connectivity index (χ0) is 25.8. The van der Waals surface area contributed by atoms with E-state index in [1.807, 2.05) is 67.6 Å². The Kier molecular flexibility index (Phi) is 11.2. The number of hydrogen-bond donors (Lipinski definition) is 3. The number of carbonyl (C=O) groups is 2. The third-order valence-corrected chi connectivity index (χ3v) is 5.78. The molecule has 0 radical (unpaired) electrons. The predicted molar refractivity (Wildman–Crippen MR) is 135 cm³/mol. The Labute approximate surface area is 208 Å². The molecule has 0 bridgehead atoms. The summed E-state index contributed by atoms with van der Waals surface area (Å²) < 4.78 is 11.0. The van der Waals surface area contributed by atoms with Gasteiger partial charge in [-0.1, -0.05) is 67.6 Å². The van der Waals surface area contributed by atoms with Crippen molar-refractivity contribution in [1.29, 1.82) is 0 Å². The average molecular weight is 486 g/mol. The van der Waals surface area contributed by atoms with Crippen molar-refractivity contribution in [3.05, 3.63) is 71.8 Å². The number of rotatable bonds is 13. The molecular formula is C28H39NO6. The van der Waals surface area contributed by atoms with Crippen LogP contribution in [0.3, 0.4) is 0 Å². The molecule has 35 heavy (non-hydrogen) atoms. The van der Waals surface area contributed by atoms with Gasteiger partial charge in [-0.05, 0) is 63.0 Å². The van der Waals surface area contributed by atoms with E-state index >= 15 is 0 Å². The zero-order valence-electron chi connectivity index (χ0n) is 21.1.